The minimum absolute atomic E-state index is 0.0505. The molecule has 52 heavy (non-hydrogen) atoms. The van der Waals surface area contributed by atoms with Gasteiger partial charge in [-0.1, -0.05) is 96.6 Å². The number of nitrogens with one attached hydrogen (secondary N) is 3. The van der Waals surface area contributed by atoms with E-state index in [1.165, 1.54) is 35.2 Å². The summed E-state index contributed by atoms with van der Waals surface area (Å²) >= 11 is 2.51. The summed E-state index contributed by atoms with van der Waals surface area (Å²) in [7, 11) is 0. The number of nitro benzene ring substituents is 1. The predicted molar refractivity (Wildman–Crippen MR) is 206 cm³/mol. The molecule has 1 unspecified atom stereocenters. The molecule has 0 aliphatic rings. The maximum atomic E-state index is 13.8. The van der Waals surface area contributed by atoms with Crippen LogP contribution in [0.25, 0.3) is 17.3 Å². The highest BCUT2D eigenvalue weighted by atomic mass is 32.2. The van der Waals surface area contributed by atoms with E-state index in [9.17, 15) is 24.5 Å². The minimum Gasteiger partial charge on any atom is -0.321 e. The fourth-order valence-corrected chi connectivity index (χ4v) is 6.87. The Morgan fingerprint density at radius 1 is 0.827 bits per heavy atom. The second-order valence-corrected chi connectivity index (χ2v) is 13.6. The van der Waals surface area contributed by atoms with E-state index in [1.54, 1.807) is 66.1 Å². The molecule has 258 valence electrons. The number of aromatic nitrogens is 1. The number of thiazole rings is 1. The van der Waals surface area contributed by atoms with Crippen molar-refractivity contribution in [1.82, 2.24) is 10.3 Å². The fourth-order valence-electron chi connectivity index (χ4n) is 5.07. The van der Waals surface area contributed by atoms with E-state index in [-0.39, 0.29) is 17.3 Å². The number of nitro groups is 1. The highest BCUT2D eigenvalue weighted by Crippen LogP contribution is 2.38. The van der Waals surface area contributed by atoms with Gasteiger partial charge in [-0.05, 0) is 54.5 Å². The third-order valence-electron chi connectivity index (χ3n) is 7.69. The lowest BCUT2D eigenvalue weighted by Gasteiger charge is -2.17. The van der Waals surface area contributed by atoms with E-state index in [4.69, 9.17) is 0 Å². The first-order chi connectivity index (χ1) is 25.2. The average molecular weight is 726 g/mol. The fraction of sp³-hybridized carbons (Fsp3) is 0.0500. The first-order valence-electron chi connectivity index (χ1n) is 16.0. The van der Waals surface area contributed by atoms with Crippen LogP contribution in [-0.2, 0) is 9.59 Å². The lowest BCUT2D eigenvalue weighted by molar-refractivity contribution is -0.384. The number of thioether (sulfide) groups is 1. The van der Waals surface area contributed by atoms with Gasteiger partial charge in [0.2, 0.25) is 5.91 Å². The van der Waals surface area contributed by atoms with Crippen LogP contribution in [0.15, 0.2) is 149 Å². The molecule has 0 bridgehead atoms. The number of hydrogen-bond acceptors (Lipinski definition) is 8. The molecule has 0 aliphatic heterocycles. The van der Waals surface area contributed by atoms with E-state index in [0.29, 0.717) is 32.5 Å². The van der Waals surface area contributed by atoms with Crippen molar-refractivity contribution in [1.29, 1.82) is 0 Å². The van der Waals surface area contributed by atoms with Crippen molar-refractivity contribution in [3.05, 3.63) is 177 Å². The maximum Gasteiger partial charge on any atom is 0.272 e. The molecule has 3 amide bonds. The van der Waals surface area contributed by atoms with Crippen LogP contribution in [0.3, 0.4) is 0 Å². The van der Waals surface area contributed by atoms with Crippen molar-refractivity contribution < 1.29 is 19.3 Å². The first kappa shape index (κ1) is 35.5. The van der Waals surface area contributed by atoms with Crippen LogP contribution < -0.4 is 16.0 Å². The Labute approximate surface area is 307 Å². The number of rotatable bonds is 12. The number of carbonyl (C=O) groups excluding carboxylic acids is 3. The van der Waals surface area contributed by atoms with Gasteiger partial charge in [0.25, 0.3) is 17.5 Å². The van der Waals surface area contributed by atoms with Crippen molar-refractivity contribution >= 4 is 63.4 Å². The third-order valence-corrected chi connectivity index (χ3v) is 9.70. The van der Waals surface area contributed by atoms with Crippen molar-refractivity contribution in [2.75, 3.05) is 10.6 Å². The highest BCUT2D eigenvalue weighted by Gasteiger charge is 2.24. The normalized spacial score (nSPS) is 11.7. The van der Waals surface area contributed by atoms with Gasteiger partial charge in [-0.15, -0.1) is 23.1 Å². The smallest absolute Gasteiger partial charge is 0.272 e. The van der Waals surface area contributed by atoms with Crippen LogP contribution in [-0.4, -0.2) is 27.6 Å². The first-order valence-corrected chi connectivity index (χ1v) is 17.8. The number of non-ortho nitro benzene ring substituents is 1. The number of carbonyl (C=O) groups is 3. The molecule has 5 aromatic carbocycles. The molecule has 1 atom stereocenters. The summed E-state index contributed by atoms with van der Waals surface area (Å²) in [6.07, 6.45) is 1.62. The van der Waals surface area contributed by atoms with Crippen LogP contribution in [0.1, 0.15) is 32.3 Å². The molecule has 0 fully saturated rings. The van der Waals surface area contributed by atoms with Gasteiger partial charge in [0.05, 0.1) is 10.6 Å². The largest absolute Gasteiger partial charge is 0.321 e. The standard InChI is InChI=1S/C40H31N5O5S2/c1-26-18-20-27(21-19-26)22-34(42-37(46)29-12-6-3-7-13-29)38(47)41-31-15-9-17-33(24-31)52-36(28-10-4-2-5-11-28)39(48)44-40-43-35(25-51-40)30-14-8-16-32(23-30)45(49)50/h2-25,36H,1H3,(H,41,47)(H,42,46)(H,43,44,48)/b34-22-. The molecule has 3 N–H and O–H groups in total. The molecule has 6 aromatic rings. The third kappa shape index (κ3) is 9.24. The molecular weight excluding hydrogens is 695 g/mol. The SMILES string of the molecule is Cc1ccc(/C=C(\NC(=O)c2ccccc2)C(=O)Nc2cccc(SC(C(=O)Nc3nc(-c4cccc([N+](=O)[O-])c4)cs3)c3ccccc3)c2)cc1. The molecule has 1 aromatic heterocycles. The van der Waals surface area contributed by atoms with E-state index >= 15 is 0 Å². The molecule has 0 aliphatic carbocycles. The second-order valence-electron chi connectivity index (χ2n) is 11.5. The molecule has 0 spiro atoms. The average Bonchev–Trinajstić information content (AvgIpc) is 3.63. The molecule has 1 heterocycles. The topological polar surface area (TPSA) is 143 Å². The van der Waals surface area contributed by atoms with Gasteiger partial charge >= 0.3 is 0 Å². The zero-order valence-corrected chi connectivity index (χ0v) is 29.3. The predicted octanol–water partition coefficient (Wildman–Crippen LogP) is 8.91. The van der Waals surface area contributed by atoms with Crippen LogP contribution in [0.4, 0.5) is 16.5 Å². The molecule has 6 rings (SSSR count). The van der Waals surface area contributed by atoms with Gasteiger partial charge in [0.1, 0.15) is 10.9 Å². The number of amides is 3. The zero-order chi connectivity index (χ0) is 36.5. The van der Waals surface area contributed by atoms with Crippen LogP contribution >= 0.6 is 23.1 Å². The van der Waals surface area contributed by atoms with Crippen LogP contribution in [0, 0.1) is 17.0 Å². The van der Waals surface area contributed by atoms with Crippen LogP contribution in [0.5, 0.6) is 0 Å². The maximum absolute atomic E-state index is 13.8. The molecule has 0 saturated heterocycles. The van der Waals surface area contributed by atoms with Gasteiger partial charge in [-0.3, -0.25) is 24.5 Å². The minimum atomic E-state index is -0.695. The Kier molecular flexibility index (Phi) is 11.3. The van der Waals surface area contributed by atoms with Gasteiger partial charge in [-0.25, -0.2) is 4.98 Å². The van der Waals surface area contributed by atoms with Crippen LogP contribution in [0.2, 0.25) is 0 Å². The quantitative estimate of drug-likeness (QED) is 0.0495. The summed E-state index contributed by atoms with van der Waals surface area (Å²) < 4.78 is 0. The van der Waals surface area contributed by atoms with Crippen molar-refractivity contribution in [2.45, 2.75) is 17.1 Å². The van der Waals surface area contributed by atoms with Gasteiger partial charge in [0.15, 0.2) is 5.13 Å². The Balaban J connectivity index is 1.20. The summed E-state index contributed by atoms with van der Waals surface area (Å²) in [5, 5.41) is 21.2. The molecule has 10 nitrogen and oxygen atoms in total. The summed E-state index contributed by atoms with van der Waals surface area (Å²) in [6.45, 7) is 1.97. The van der Waals surface area contributed by atoms with E-state index < -0.39 is 22.0 Å². The number of nitrogens with zero attached hydrogens (tertiary/aromatic N) is 2. The molecule has 0 saturated carbocycles. The van der Waals surface area contributed by atoms with Crippen molar-refractivity contribution in [3.8, 4) is 11.3 Å². The van der Waals surface area contributed by atoms with E-state index in [2.05, 4.69) is 20.9 Å². The highest BCUT2D eigenvalue weighted by molar-refractivity contribution is 8.00. The monoisotopic (exact) mass is 725 g/mol. The van der Waals surface area contributed by atoms with Gasteiger partial charge in [0, 0.05) is 39.2 Å². The summed E-state index contributed by atoms with van der Waals surface area (Å²) in [6, 6.07) is 38.8. The molecule has 0 radical (unpaired) electrons. The lowest BCUT2D eigenvalue weighted by atomic mass is 10.1. The van der Waals surface area contributed by atoms with E-state index in [0.717, 1.165) is 16.7 Å². The van der Waals surface area contributed by atoms with E-state index in [1.807, 2.05) is 73.7 Å². The van der Waals surface area contributed by atoms with Gasteiger partial charge < -0.3 is 16.0 Å². The van der Waals surface area contributed by atoms with Crippen molar-refractivity contribution in [2.24, 2.45) is 0 Å². The number of anilines is 2. The van der Waals surface area contributed by atoms with Gasteiger partial charge in [-0.2, -0.15) is 0 Å². The summed E-state index contributed by atoms with van der Waals surface area (Å²) in [5.74, 6) is -1.27. The lowest BCUT2D eigenvalue weighted by Crippen LogP contribution is -2.30. The Hall–Kier alpha value is -6.37. The van der Waals surface area contributed by atoms with Crippen molar-refractivity contribution in [3.63, 3.8) is 0 Å². The molecule has 12 heteroatoms. The Bertz CT molecular complexity index is 2260. The number of aryl methyl sites for hydroxylation is 1. The Morgan fingerprint density at radius 2 is 1.54 bits per heavy atom. The zero-order valence-electron chi connectivity index (χ0n) is 27.7. The Morgan fingerprint density at radius 3 is 2.27 bits per heavy atom. The summed E-state index contributed by atoms with van der Waals surface area (Å²) in [5.41, 5.74) is 4.51. The summed E-state index contributed by atoms with van der Waals surface area (Å²) in [4.78, 5) is 56.5. The number of benzene rings is 5. The molecular formula is C40H31N5O5S2. The second kappa shape index (κ2) is 16.6. The number of hydrogen-bond donors (Lipinski definition) is 3.